The Bertz CT molecular complexity index is 614. The van der Waals surface area contributed by atoms with Crippen LogP contribution < -0.4 is 15.4 Å². The van der Waals surface area contributed by atoms with Crippen LogP contribution in [-0.2, 0) is 11.2 Å². The Morgan fingerprint density at radius 3 is 2.85 bits per heavy atom. The molecule has 0 aromatic heterocycles. The van der Waals surface area contributed by atoms with Crippen molar-refractivity contribution < 1.29 is 18.3 Å². The molecular weight excluding hydrogens is 374 g/mol. The second kappa shape index (κ2) is 9.50. The summed E-state index contributed by atoms with van der Waals surface area (Å²) in [6, 6.07) is 6.66. The van der Waals surface area contributed by atoms with Crippen molar-refractivity contribution in [3.63, 3.8) is 0 Å². The number of hydrogen-bond acceptors (Lipinski definition) is 4. The van der Waals surface area contributed by atoms with E-state index in [0.717, 1.165) is 44.6 Å². The predicted octanol–water partition coefficient (Wildman–Crippen LogP) is 3.83. The van der Waals surface area contributed by atoms with Crippen LogP contribution >= 0.6 is 12.4 Å². The minimum Gasteiger partial charge on any atom is -0.435 e. The van der Waals surface area contributed by atoms with E-state index in [1.807, 2.05) is 6.07 Å². The summed E-state index contributed by atoms with van der Waals surface area (Å²) in [5.74, 6) is 0.865. The zero-order chi connectivity index (χ0) is 17.9. The number of hydrogen-bond donors (Lipinski definition) is 2. The highest BCUT2D eigenvalue weighted by Gasteiger charge is 2.36. The third-order valence-electron chi connectivity index (χ3n) is 6.11. The summed E-state index contributed by atoms with van der Waals surface area (Å²) in [6.45, 7) is -0.221. The molecule has 3 aliphatic rings. The monoisotopic (exact) mass is 402 g/mol. The van der Waals surface area contributed by atoms with Crippen LogP contribution in [0.2, 0.25) is 0 Å². The highest BCUT2D eigenvalue weighted by atomic mass is 35.5. The van der Waals surface area contributed by atoms with Crippen molar-refractivity contribution in [2.75, 3.05) is 19.8 Å². The Kier molecular flexibility index (Phi) is 7.31. The van der Waals surface area contributed by atoms with Crippen LogP contribution in [0.4, 0.5) is 8.78 Å². The van der Waals surface area contributed by atoms with E-state index in [-0.39, 0.29) is 18.2 Å². The number of ether oxygens (including phenoxy) is 2. The van der Waals surface area contributed by atoms with E-state index in [4.69, 9.17) is 4.74 Å². The molecular formula is C20H29ClF2N2O2. The van der Waals surface area contributed by atoms with E-state index in [2.05, 4.69) is 15.4 Å². The SMILES string of the molecule is Cl.FC(F)Oc1ccc2c(c1)CCCC2NC1CCCC1C1COCCN1. The Morgan fingerprint density at radius 1 is 1.19 bits per heavy atom. The van der Waals surface area contributed by atoms with Crippen molar-refractivity contribution in [3.05, 3.63) is 29.3 Å². The zero-order valence-corrected chi connectivity index (χ0v) is 16.3. The van der Waals surface area contributed by atoms with Gasteiger partial charge in [0.2, 0.25) is 0 Å². The van der Waals surface area contributed by atoms with Gasteiger partial charge in [-0.15, -0.1) is 12.4 Å². The van der Waals surface area contributed by atoms with E-state index in [0.29, 0.717) is 24.0 Å². The van der Waals surface area contributed by atoms with E-state index >= 15 is 0 Å². The lowest BCUT2D eigenvalue weighted by atomic mass is 9.85. The standard InChI is InChI=1S/C20H28F2N2O2.ClH/c21-20(22)26-14-7-8-15-13(11-14)3-1-5-17(15)24-18-6-2-4-16(18)19-12-25-10-9-23-19;/h7-8,11,16-20,23-24H,1-6,9-10,12H2;1H. The molecule has 4 unspecified atom stereocenters. The van der Waals surface area contributed by atoms with E-state index < -0.39 is 6.61 Å². The third kappa shape index (κ3) is 4.91. The fraction of sp³-hybridized carbons (Fsp3) is 0.700. The van der Waals surface area contributed by atoms with Crippen molar-refractivity contribution in [2.24, 2.45) is 5.92 Å². The van der Waals surface area contributed by atoms with Crippen molar-refractivity contribution in [1.29, 1.82) is 0 Å². The molecule has 4 atom stereocenters. The first-order valence-corrected chi connectivity index (χ1v) is 9.85. The van der Waals surface area contributed by atoms with Crippen LogP contribution in [0.1, 0.15) is 49.3 Å². The van der Waals surface area contributed by atoms with Crippen LogP contribution in [0.3, 0.4) is 0 Å². The summed E-state index contributed by atoms with van der Waals surface area (Å²) in [4.78, 5) is 0. The maximum absolute atomic E-state index is 12.5. The van der Waals surface area contributed by atoms with Crippen LogP contribution in [0.25, 0.3) is 0 Å². The molecule has 1 saturated heterocycles. The molecule has 7 heteroatoms. The molecule has 2 aliphatic carbocycles. The molecule has 1 aromatic rings. The van der Waals surface area contributed by atoms with Crippen molar-refractivity contribution >= 4 is 12.4 Å². The van der Waals surface area contributed by atoms with Gasteiger partial charge < -0.3 is 20.1 Å². The number of fused-ring (bicyclic) bond motifs is 1. The first-order chi connectivity index (χ1) is 12.7. The van der Waals surface area contributed by atoms with Gasteiger partial charge in [0.25, 0.3) is 0 Å². The Balaban J connectivity index is 0.00000210. The lowest BCUT2D eigenvalue weighted by Gasteiger charge is -2.36. The second-order valence-electron chi connectivity index (χ2n) is 7.69. The molecule has 0 radical (unpaired) electrons. The van der Waals surface area contributed by atoms with Gasteiger partial charge in [-0.3, -0.25) is 0 Å². The molecule has 1 aliphatic heterocycles. The van der Waals surface area contributed by atoms with E-state index in [9.17, 15) is 8.78 Å². The number of aryl methyl sites for hydroxylation is 1. The molecule has 2 fully saturated rings. The smallest absolute Gasteiger partial charge is 0.387 e. The summed E-state index contributed by atoms with van der Waals surface area (Å²) in [5, 5.41) is 7.52. The molecule has 0 amide bonds. The first kappa shape index (κ1) is 20.8. The van der Waals surface area contributed by atoms with Gasteiger partial charge in [-0.05, 0) is 61.3 Å². The predicted molar refractivity (Wildman–Crippen MR) is 103 cm³/mol. The number of morpholine rings is 1. The van der Waals surface area contributed by atoms with Gasteiger partial charge in [0.1, 0.15) is 5.75 Å². The zero-order valence-electron chi connectivity index (χ0n) is 15.5. The van der Waals surface area contributed by atoms with Gasteiger partial charge in [-0.2, -0.15) is 8.78 Å². The van der Waals surface area contributed by atoms with Gasteiger partial charge in [0.15, 0.2) is 0 Å². The number of halogens is 3. The summed E-state index contributed by atoms with van der Waals surface area (Å²) in [5.41, 5.74) is 2.39. The van der Waals surface area contributed by atoms with Gasteiger partial charge in [0.05, 0.1) is 13.2 Å². The van der Waals surface area contributed by atoms with Crippen LogP contribution in [-0.4, -0.2) is 38.5 Å². The van der Waals surface area contributed by atoms with Crippen LogP contribution in [0, 0.1) is 5.92 Å². The Labute approximate surface area is 165 Å². The van der Waals surface area contributed by atoms with Crippen LogP contribution in [0.5, 0.6) is 5.75 Å². The first-order valence-electron chi connectivity index (χ1n) is 9.85. The number of rotatable bonds is 5. The molecule has 0 bridgehead atoms. The quantitative estimate of drug-likeness (QED) is 0.785. The molecule has 1 heterocycles. The van der Waals surface area contributed by atoms with Gasteiger partial charge >= 0.3 is 6.61 Å². The molecule has 0 spiro atoms. The minimum atomic E-state index is -2.77. The molecule has 1 aromatic carbocycles. The van der Waals surface area contributed by atoms with Crippen LogP contribution in [0.15, 0.2) is 18.2 Å². The van der Waals surface area contributed by atoms with Crippen molar-refractivity contribution in [2.45, 2.75) is 63.3 Å². The average molecular weight is 403 g/mol. The Hall–Kier alpha value is -0.950. The summed E-state index contributed by atoms with van der Waals surface area (Å²) in [6.07, 6.45) is 6.78. The van der Waals surface area contributed by atoms with Gasteiger partial charge in [0, 0.05) is 24.7 Å². The highest BCUT2D eigenvalue weighted by molar-refractivity contribution is 5.85. The second-order valence-corrected chi connectivity index (χ2v) is 7.69. The molecule has 152 valence electrons. The Morgan fingerprint density at radius 2 is 2.07 bits per heavy atom. The molecule has 4 nitrogen and oxygen atoms in total. The normalized spacial score (nSPS) is 30.6. The largest absolute Gasteiger partial charge is 0.435 e. The van der Waals surface area contributed by atoms with Crippen molar-refractivity contribution in [3.8, 4) is 5.75 Å². The minimum absolute atomic E-state index is 0. The molecule has 2 N–H and O–H groups in total. The van der Waals surface area contributed by atoms with E-state index in [1.165, 1.54) is 24.8 Å². The maximum Gasteiger partial charge on any atom is 0.387 e. The summed E-state index contributed by atoms with van der Waals surface area (Å²) in [7, 11) is 0. The van der Waals surface area contributed by atoms with Gasteiger partial charge in [-0.1, -0.05) is 12.5 Å². The highest BCUT2D eigenvalue weighted by Crippen LogP contribution is 2.36. The van der Waals surface area contributed by atoms with Crippen molar-refractivity contribution in [1.82, 2.24) is 10.6 Å². The maximum atomic E-state index is 12.5. The topological polar surface area (TPSA) is 42.5 Å². The van der Waals surface area contributed by atoms with E-state index in [1.54, 1.807) is 12.1 Å². The number of nitrogens with one attached hydrogen (secondary N) is 2. The average Bonchev–Trinajstić information content (AvgIpc) is 3.10. The third-order valence-corrected chi connectivity index (χ3v) is 6.11. The number of benzene rings is 1. The van der Waals surface area contributed by atoms with Gasteiger partial charge in [-0.25, -0.2) is 0 Å². The summed E-state index contributed by atoms with van der Waals surface area (Å²) >= 11 is 0. The molecule has 1 saturated carbocycles. The lowest BCUT2D eigenvalue weighted by Crippen LogP contribution is -2.51. The lowest BCUT2D eigenvalue weighted by molar-refractivity contribution is -0.0499. The fourth-order valence-electron chi connectivity index (χ4n) is 4.94. The summed E-state index contributed by atoms with van der Waals surface area (Å²) < 4.78 is 35.2. The molecule has 27 heavy (non-hydrogen) atoms. The number of alkyl halides is 2. The molecule has 4 rings (SSSR count). The fourth-order valence-corrected chi connectivity index (χ4v) is 4.94.